The summed E-state index contributed by atoms with van der Waals surface area (Å²) in [5, 5.41) is 23.3. The molecule has 2 atom stereocenters. The van der Waals surface area contributed by atoms with Crippen LogP contribution in [0.5, 0.6) is 0 Å². The van der Waals surface area contributed by atoms with Crippen molar-refractivity contribution in [3.63, 3.8) is 0 Å². The Balaban J connectivity index is 3.45. The molecule has 0 fully saturated rings. The number of hydrogen-bond acceptors (Lipinski definition) is 5. The first-order chi connectivity index (χ1) is 32.0. The predicted octanol–water partition coefficient (Wildman–Crippen LogP) is 18.1. The molecule has 0 saturated carbocycles. The van der Waals surface area contributed by atoms with Crippen LogP contribution in [0.2, 0.25) is 0 Å². The second kappa shape index (κ2) is 55.2. The molecule has 0 radical (unpaired) electrons. The molecule has 0 saturated heterocycles. The lowest BCUT2D eigenvalue weighted by atomic mass is 10.0. The zero-order chi connectivity index (χ0) is 47.2. The number of hydrogen-bond donors (Lipinski definition) is 3. The van der Waals surface area contributed by atoms with Gasteiger partial charge in [-0.3, -0.25) is 9.59 Å². The van der Waals surface area contributed by atoms with Crippen LogP contribution in [0.1, 0.15) is 328 Å². The molecule has 0 heterocycles. The second-order valence-electron chi connectivity index (χ2n) is 20.3. The normalized spacial score (nSPS) is 12.6. The van der Waals surface area contributed by atoms with Crippen LogP contribution >= 0.6 is 0 Å². The van der Waals surface area contributed by atoms with Crippen molar-refractivity contribution in [2.45, 2.75) is 341 Å². The molecule has 0 bridgehead atoms. The highest BCUT2D eigenvalue weighted by Crippen LogP contribution is 2.18. The van der Waals surface area contributed by atoms with Crippen molar-refractivity contribution in [1.29, 1.82) is 0 Å². The van der Waals surface area contributed by atoms with E-state index in [1.165, 1.54) is 238 Å². The molecule has 0 aromatic carbocycles. The third kappa shape index (κ3) is 51.8. The fourth-order valence-electron chi connectivity index (χ4n) is 9.28. The first kappa shape index (κ1) is 63.6. The largest absolute Gasteiger partial charge is 0.466 e. The van der Waals surface area contributed by atoms with Gasteiger partial charge in [-0.15, -0.1) is 0 Å². The number of carbonyl (C=O) groups excluding carboxylic acids is 2. The maximum absolute atomic E-state index is 12.5. The standard InChI is InChI=1S/C59H115NO5/c1-3-5-7-9-11-13-15-17-18-19-20-21-22-23-24-25-26-28-31-35-39-43-47-51-57(62)56(55-61)60-58(63)52-48-44-40-36-32-29-30-34-38-42-46-50-54-65-59(64)53-49-45-41-37-33-27-16-14-12-10-8-6-4-2/h14,16,56-57,61-62H,3-13,15,17-55H2,1-2H3,(H,60,63)/b16-14-. The average molecular weight is 919 g/mol. The van der Waals surface area contributed by atoms with Gasteiger partial charge in [0, 0.05) is 12.8 Å². The minimum Gasteiger partial charge on any atom is -0.466 e. The van der Waals surface area contributed by atoms with Gasteiger partial charge < -0.3 is 20.3 Å². The first-order valence-corrected chi connectivity index (χ1v) is 29.4. The van der Waals surface area contributed by atoms with Crippen LogP contribution in [0.3, 0.4) is 0 Å². The van der Waals surface area contributed by atoms with Crippen LogP contribution in [0.4, 0.5) is 0 Å². The van der Waals surface area contributed by atoms with Gasteiger partial charge in [0.25, 0.3) is 0 Å². The molecule has 0 aliphatic rings. The molecular weight excluding hydrogens is 803 g/mol. The molecular formula is C59H115NO5. The van der Waals surface area contributed by atoms with Gasteiger partial charge in [0.05, 0.1) is 25.4 Å². The minimum absolute atomic E-state index is 0.0173. The number of esters is 1. The lowest BCUT2D eigenvalue weighted by molar-refractivity contribution is -0.143. The second-order valence-corrected chi connectivity index (χ2v) is 20.3. The number of unbranched alkanes of at least 4 members (excludes halogenated alkanes) is 42. The third-order valence-electron chi connectivity index (χ3n) is 13.8. The zero-order valence-electron chi connectivity index (χ0n) is 44.0. The number of nitrogens with one attached hydrogen (secondary N) is 1. The molecule has 0 aliphatic carbocycles. The van der Waals surface area contributed by atoms with Gasteiger partial charge in [-0.05, 0) is 51.4 Å². The Morgan fingerprint density at radius 1 is 0.415 bits per heavy atom. The van der Waals surface area contributed by atoms with Gasteiger partial charge >= 0.3 is 5.97 Å². The Kier molecular flexibility index (Phi) is 54.0. The Bertz CT molecular complexity index is 970. The third-order valence-corrected chi connectivity index (χ3v) is 13.8. The smallest absolute Gasteiger partial charge is 0.305 e. The van der Waals surface area contributed by atoms with Crippen LogP contribution in [-0.4, -0.2) is 47.4 Å². The van der Waals surface area contributed by atoms with E-state index in [-0.39, 0.29) is 18.5 Å². The molecule has 1 amide bonds. The SMILES string of the molecule is CCCCCC/C=C\CCCCCCCC(=O)OCCCCCCCCCCCCCCC(=O)NC(CO)C(O)CCCCCCCCCCCCCCCCCCCCCCCCC. The van der Waals surface area contributed by atoms with E-state index in [9.17, 15) is 19.8 Å². The summed E-state index contributed by atoms with van der Waals surface area (Å²) in [5.41, 5.74) is 0. The van der Waals surface area contributed by atoms with E-state index in [4.69, 9.17) is 4.74 Å². The number of ether oxygens (including phenoxy) is 1. The quantitative estimate of drug-likeness (QED) is 0.0321. The highest BCUT2D eigenvalue weighted by Gasteiger charge is 2.20. The molecule has 0 rings (SSSR count). The highest BCUT2D eigenvalue weighted by atomic mass is 16.5. The van der Waals surface area contributed by atoms with Gasteiger partial charge in [-0.2, -0.15) is 0 Å². The van der Waals surface area contributed by atoms with Crippen molar-refractivity contribution < 1.29 is 24.5 Å². The lowest BCUT2D eigenvalue weighted by Crippen LogP contribution is -2.45. The molecule has 3 N–H and O–H groups in total. The number of aliphatic hydroxyl groups is 2. The van der Waals surface area contributed by atoms with Crippen LogP contribution in [0, 0.1) is 0 Å². The van der Waals surface area contributed by atoms with Gasteiger partial charge in [-0.1, -0.05) is 276 Å². The number of rotatable bonds is 55. The Hall–Kier alpha value is -1.40. The molecule has 386 valence electrons. The summed E-state index contributed by atoms with van der Waals surface area (Å²) in [6.45, 7) is 4.92. The lowest BCUT2D eigenvalue weighted by Gasteiger charge is -2.22. The van der Waals surface area contributed by atoms with E-state index < -0.39 is 12.1 Å². The monoisotopic (exact) mass is 918 g/mol. The average Bonchev–Trinajstić information content (AvgIpc) is 3.31. The Morgan fingerprint density at radius 3 is 1.11 bits per heavy atom. The Labute approximate surface area is 406 Å². The van der Waals surface area contributed by atoms with Crippen molar-refractivity contribution in [2.24, 2.45) is 0 Å². The van der Waals surface area contributed by atoms with Crippen molar-refractivity contribution >= 4 is 11.9 Å². The van der Waals surface area contributed by atoms with Crippen molar-refractivity contribution in [2.75, 3.05) is 13.2 Å². The summed E-state index contributed by atoms with van der Waals surface area (Å²) in [4.78, 5) is 24.5. The minimum atomic E-state index is -0.675. The summed E-state index contributed by atoms with van der Waals surface area (Å²) in [6.07, 6.45) is 64.9. The number of amides is 1. The Morgan fingerprint density at radius 2 is 0.723 bits per heavy atom. The van der Waals surface area contributed by atoms with E-state index in [0.29, 0.717) is 25.9 Å². The predicted molar refractivity (Wildman–Crippen MR) is 283 cm³/mol. The zero-order valence-corrected chi connectivity index (χ0v) is 44.0. The van der Waals surface area contributed by atoms with Crippen molar-refractivity contribution in [1.82, 2.24) is 5.32 Å². The van der Waals surface area contributed by atoms with Crippen molar-refractivity contribution in [3.8, 4) is 0 Å². The van der Waals surface area contributed by atoms with Crippen molar-refractivity contribution in [3.05, 3.63) is 12.2 Å². The highest BCUT2D eigenvalue weighted by molar-refractivity contribution is 5.76. The maximum atomic E-state index is 12.5. The van der Waals surface area contributed by atoms with Gasteiger partial charge in [0.15, 0.2) is 0 Å². The van der Waals surface area contributed by atoms with Gasteiger partial charge in [0.2, 0.25) is 5.91 Å². The molecule has 0 spiro atoms. The van der Waals surface area contributed by atoms with Crippen LogP contribution in [0.15, 0.2) is 12.2 Å². The summed E-state index contributed by atoms with van der Waals surface area (Å²) in [6, 6.07) is -0.554. The molecule has 0 aromatic heterocycles. The molecule has 6 nitrogen and oxygen atoms in total. The van der Waals surface area contributed by atoms with E-state index >= 15 is 0 Å². The van der Waals surface area contributed by atoms with E-state index in [0.717, 1.165) is 57.8 Å². The maximum Gasteiger partial charge on any atom is 0.305 e. The first-order valence-electron chi connectivity index (χ1n) is 29.4. The topological polar surface area (TPSA) is 95.9 Å². The van der Waals surface area contributed by atoms with Crippen LogP contribution in [-0.2, 0) is 14.3 Å². The number of carbonyl (C=O) groups is 2. The summed E-state index contributed by atoms with van der Waals surface area (Å²) < 4.78 is 5.46. The number of allylic oxidation sites excluding steroid dienone is 2. The van der Waals surface area contributed by atoms with Crippen LogP contribution in [0.25, 0.3) is 0 Å². The number of aliphatic hydroxyl groups excluding tert-OH is 2. The molecule has 65 heavy (non-hydrogen) atoms. The molecule has 0 aromatic rings. The molecule has 6 heteroatoms. The van der Waals surface area contributed by atoms with E-state index in [1.807, 2.05) is 0 Å². The summed E-state index contributed by atoms with van der Waals surface area (Å²) >= 11 is 0. The summed E-state index contributed by atoms with van der Waals surface area (Å²) in [5.74, 6) is -0.0646. The summed E-state index contributed by atoms with van der Waals surface area (Å²) in [7, 11) is 0. The molecule has 2 unspecified atom stereocenters. The van der Waals surface area contributed by atoms with E-state index in [2.05, 4.69) is 31.3 Å². The van der Waals surface area contributed by atoms with E-state index in [1.54, 1.807) is 0 Å². The fraction of sp³-hybridized carbons (Fsp3) is 0.932. The van der Waals surface area contributed by atoms with Crippen LogP contribution < -0.4 is 5.32 Å². The van der Waals surface area contributed by atoms with Gasteiger partial charge in [0.1, 0.15) is 0 Å². The fourth-order valence-corrected chi connectivity index (χ4v) is 9.28. The van der Waals surface area contributed by atoms with Gasteiger partial charge in [-0.25, -0.2) is 0 Å². The molecule has 0 aliphatic heterocycles.